The summed E-state index contributed by atoms with van der Waals surface area (Å²) in [5.74, 6) is -0.219. The lowest BCUT2D eigenvalue weighted by Crippen LogP contribution is -2.39. The van der Waals surface area contributed by atoms with Gasteiger partial charge in [-0.15, -0.1) is 0 Å². The van der Waals surface area contributed by atoms with Crippen molar-refractivity contribution in [1.82, 2.24) is 5.32 Å². The summed E-state index contributed by atoms with van der Waals surface area (Å²) in [6.07, 6.45) is 0.437. The van der Waals surface area contributed by atoms with Gasteiger partial charge in [0.15, 0.2) is 0 Å². The van der Waals surface area contributed by atoms with E-state index in [0.717, 1.165) is 17.3 Å². The number of hydrogen-bond donors (Lipinski definition) is 2. The fraction of sp³-hybridized carbons (Fsp3) is 0.429. The third-order valence-electron chi connectivity index (χ3n) is 2.51. The van der Waals surface area contributed by atoms with Gasteiger partial charge in [-0.3, -0.25) is 4.79 Å². The van der Waals surface area contributed by atoms with Crippen molar-refractivity contribution in [3.05, 3.63) is 35.9 Å². The third kappa shape index (κ3) is 6.29. The van der Waals surface area contributed by atoms with Crippen LogP contribution in [-0.4, -0.2) is 22.4 Å². The third-order valence-corrected chi connectivity index (χ3v) is 3.37. The summed E-state index contributed by atoms with van der Waals surface area (Å²) < 4.78 is 0. The van der Waals surface area contributed by atoms with E-state index in [9.17, 15) is 9.59 Å². The van der Waals surface area contributed by atoms with Crippen LogP contribution in [0, 0.1) is 5.92 Å². The molecule has 0 saturated heterocycles. The number of carbonyl (C=O) groups is 2. The highest BCUT2D eigenvalue weighted by atomic mass is 32.2. The second-order valence-electron chi connectivity index (χ2n) is 4.73. The van der Waals surface area contributed by atoms with E-state index in [-0.39, 0.29) is 11.2 Å². The predicted octanol–water partition coefficient (Wildman–Crippen LogP) is 3.13. The summed E-state index contributed by atoms with van der Waals surface area (Å²) in [5, 5.41) is 11.3. The van der Waals surface area contributed by atoms with E-state index >= 15 is 0 Å². The van der Waals surface area contributed by atoms with Crippen LogP contribution in [0.25, 0.3) is 0 Å². The molecule has 0 bridgehead atoms. The van der Waals surface area contributed by atoms with Gasteiger partial charge in [0.2, 0.25) is 0 Å². The van der Waals surface area contributed by atoms with E-state index in [1.54, 1.807) is 0 Å². The Kier molecular flexibility index (Phi) is 6.42. The molecule has 2 N–H and O–H groups in total. The molecule has 5 heteroatoms. The van der Waals surface area contributed by atoms with E-state index in [2.05, 4.69) is 5.32 Å². The van der Waals surface area contributed by atoms with E-state index in [1.165, 1.54) is 0 Å². The number of thioether (sulfide) groups is 1. The Morgan fingerprint density at radius 3 is 2.42 bits per heavy atom. The van der Waals surface area contributed by atoms with Crippen molar-refractivity contribution in [1.29, 1.82) is 0 Å². The molecule has 19 heavy (non-hydrogen) atoms. The van der Waals surface area contributed by atoms with Crippen LogP contribution in [0.2, 0.25) is 0 Å². The van der Waals surface area contributed by atoms with Gasteiger partial charge in [0, 0.05) is 5.75 Å². The summed E-state index contributed by atoms with van der Waals surface area (Å²) >= 11 is 1.09. The lowest BCUT2D eigenvalue weighted by atomic mass is 10.0. The monoisotopic (exact) mass is 281 g/mol. The first-order chi connectivity index (χ1) is 8.99. The maximum absolute atomic E-state index is 11.7. The fourth-order valence-corrected chi connectivity index (χ4v) is 2.32. The molecule has 1 amide bonds. The van der Waals surface area contributed by atoms with E-state index in [4.69, 9.17) is 5.11 Å². The lowest BCUT2D eigenvalue weighted by molar-refractivity contribution is -0.139. The van der Waals surface area contributed by atoms with Crippen LogP contribution >= 0.6 is 11.8 Å². The summed E-state index contributed by atoms with van der Waals surface area (Å²) in [6, 6.07) is 8.79. The number of benzene rings is 1. The van der Waals surface area contributed by atoms with Crippen molar-refractivity contribution in [2.75, 3.05) is 0 Å². The lowest BCUT2D eigenvalue weighted by Gasteiger charge is -2.16. The summed E-state index contributed by atoms with van der Waals surface area (Å²) in [7, 11) is 0. The standard InChI is InChI=1S/C14H19NO3S/c1-10(2)8-12(13(16)17)15-14(18)19-9-11-6-4-3-5-7-11/h3-7,10,12H,8-9H2,1-2H3,(H,15,18)(H,16,17). The maximum Gasteiger partial charge on any atom is 0.326 e. The van der Waals surface area contributed by atoms with Crippen molar-refractivity contribution < 1.29 is 14.7 Å². The van der Waals surface area contributed by atoms with Crippen molar-refractivity contribution in [2.45, 2.75) is 32.1 Å². The molecular weight excluding hydrogens is 262 g/mol. The molecule has 0 fully saturated rings. The van der Waals surface area contributed by atoms with Crippen LogP contribution in [-0.2, 0) is 10.5 Å². The molecule has 0 aliphatic heterocycles. The average molecular weight is 281 g/mol. The number of carbonyl (C=O) groups excluding carboxylic acids is 1. The zero-order valence-electron chi connectivity index (χ0n) is 11.1. The van der Waals surface area contributed by atoms with Crippen molar-refractivity contribution in [3.8, 4) is 0 Å². The normalized spacial score (nSPS) is 12.2. The first-order valence-corrected chi connectivity index (χ1v) is 7.17. The van der Waals surface area contributed by atoms with Gasteiger partial charge >= 0.3 is 5.97 Å². The van der Waals surface area contributed by atoms with Gasteiger partial charge in [-0.25, -0.2) is 4.79 Å². The Balaban J connectivity index is 2.42. The molecule has 0 aromatic heterocycles. The van der Waals surface area contributed by atoms with Gasteiger partial charge in [0.05, 0.1) is 0 Å². The highest BCUT2D eigenvalue weighted by Gasteiger charge is 2.21. The largest absolute Gasteiger partial charge is 0.480 e. The number of carboxylic acid groups (broad SMARTS) is 1. The number of amides is 1. The number of hydrogen-bond acceptors (Lipinski definition) is 3. The molecule has 0 spiro atoms. The molecule has 1 unspecified atom stereocenters. The molecule has 104 valence electrons. The second kappa shape index (κ2) is 7.84. The minimum Gasteiger partial charge on any atom is -0.480 e. The van der Waals surface area contributed by atoms with Gasteiger partial charge in [0.1, 0.15) is 6.04 Å². The highest BCUT2D eigenvalue weighted by molar-refractivity contribution is 8.12. The SMILES string of the molecule is CC(C)CC(NC(=O)SCc1ccccc1)C(=O)O. The van der Waals surface area contributed by atoms with Crippen LogP contribution in [0.3, 0.4) is 0 Å². The molecular formula is C14H19NO3S. The van der Waals surface area contributed by atoms with Crippen LogP contribution in [0.4, 0.5) is 4.79 Å². The van der Waals surface area contributed by atoms with Crippen LogP contribution in [0.1, 0.15) is 25.8 Å². The van der Waals surface area contributed by atoms with Crippen LogP contribution < -0.4 is 5.32 Å². The van der Waals surface area contributed by atoms with E-state index in [1.807, 2.05) is 44.2 Å². The molecule has 0 saturated carbocycles. The topological polar surface area (TPSA) is 66.4 Å². The van der Waals surface area contributed by atoms with Crippen LogP contribution in [0.5, 0.6) is 0 Å². The second-order valence-corrected chi connectivity index (χ2v) is 5.67. The summed E-state index contributed by atoms with van der Waals surface area (Å²) in [4.78, 5) is 22.7. The van der Waals surface area contributed by atoms with Crippen molar-refractivity contribution >= 4 is 23.0 Å². The number of carboxylic acids is 1. The van der Waals surface area contributed by atoms with Gasteiger partial charge in [-0.2, -0.15) is 0 Å². The Morgan fingerprint density at radius 1 is 1.26 bits per heavy atom. The predicted molar refractivity (Wildman–Crippen MR) is 77.1 cm³/mol. The molecule has 0 aliphatic carbocycles. The smallest absolute Gasteiger partial charge is 0.326 e. The first kappa shape index (κ1) is 15.6. The fourth-order valence-electron chi connectivity index (χ4n) is 1.60. The minimum atomic E-state index is -0.984. The van der Waals surface area contributed by atoms with Gasteiger partial charge in [0.25, 0.3) is 5.24 Å². The minimum absolute atomic E-state index is 0.223. The summed E-state index contributed by atoms with van der Waals surface area (Å²) in [5.41, 5.74) is 1.04. The van der Waals surface area contributed by atoms with Crippen molar-refractivity contribution in [3.63, 3.8) is 0 Å². The van der Waals surface area contributed by atoms with Gasteiger partial charge in [-0.1, -0.05) is 55.9 Å². The Bertz CT molecular complexity index is 420. The first-order valence-electron chi connectivity index (χ1n) is 6.19. The molecule has 1 aromatic rings. The zero-order valence-corrected chi connectivity index (χ0v) is 11.9. The van der Waals surface area contributed by atoms with E-state index in [0.29, 0.717) is 12.2 Å². The zero-order chi connectivity index (χ0) is 14.3. The maximum atomic E-state index is 11.7. The molecule has 1 aromatic carbocycles. The van der Waals surface area contributed by atoms with E-state index < -0.39 is 12.0 Å². The Morgan fingerprint density at radius 2 is 1.89 bits per heavy atom. The number of aliphatic carboxylic acids is 1. The molecule has 0 radical (unpaired) electrons. The molecule has 1 rings (SSSR count). The van der Waals surface area contributed by atoms with Gasteiger partial charge < -0.3 is 10.4 Å². The number of rotatable bonds is 6. The van der Waals surface area contributed by atoms with Gasteiger partial charge in [-0.05, 0) is 17.9 Å². The average Bonchev–Trinajstić information content (AvgIpc) is 2.36. The Hall–Kier alpha value is -1.49. The molecule has 4 nitrogen and oxygen atoms in total. The summed E-state index contributed by atoms with van der Waals surface area (Å²) in [6.45, 7) is 3.86. The molecule has 1 atom stereocenters. The number of nitrogens with one attached hydrogen (secondary N) is 1. The van der Waals surface area contributed by atoms with Crippen LogP contribution in [0.15, 0.2) is 30.3 Å². The highest BCUT2D eigenvalue weighted by Crippen LogP contribution is 2.14. The Labute approximate surface area is 117 Å². The van der Waals surface area contributed by atoms with Crippen molar-refractivity contribution in [2.24, 2.45) is 5.92 Å². The quantitative estimate of drug-likeness (QED) is 0.840. The molecule has 0 heterocycles. The molecule has 0 aliphatic rings.